The Morgan fingerprint density at radius 2 is 2.19 bits per heavy atom. The van der Waals surface area contributed by atoms with Crippen molar-refractivity contribution >= 4 is 17.4 Å². The summed E-state index contributed by atoms with van der Waals surface area (Å²) < 4.78 is 1.77. The van der Waals surface area contributed by atoms with E-state index >= 15 is 0 Å². The van der Waals surface area contributed by atoms with Crippen molar-refractivity contribution < 1.29 is 9.90 Å². The number of anilines is 1. The van der Waals surface area contributed by atoms with Crippen molar-refractivity contribution in [3.05, 3.63) is 42.5 Å². The topological polar surface area (TPSA) is 110 Å². The lowest BCUT2D eigenvalue weighted by atomic mass is 9.99. The second kappa shape index (κ2) is 6.72. The van der Waals surface area contributed by atoms with Crippen molar-refractivity contribution in [1.29, 1.82) is 0 Å². The number of fused-ring (bicyclic) bond motifs is 1. The van der Waals surface area contributed by atoms with E-state index in [2.05, 4.69) is 14.9 Å². The first-order valence-electron chi connectivity index (χ1n) is 8.62. The number of piperidine rings is 1. The van der Waals surface area contributed by atoms with E-state index in [1.54, 1.807) is 16.8 Å². The van der Waals surface area contributed by atoms with Gasteiger partial charge in [-0.25, -0.2) is 15.0 Å². The van der Waals surface area contributed by atoms with Crippen LogP contribution in [0.3, 0.4) is 0 Å². The summed E-state index contributed by atoms with van der Waals surface area (Å²) in [6.45, 7) is 1.93. The summed E-state index contributed by atoms with van der Waals surface area (Å²) in [6, 6.07) is 5.84. The van der Waals surface area contributed by atoms with Gasteiger partial charge >= 0.3 is 0 Å². The minimum absolute atomic E-state index is 0.176. The van der Waals surface area contributed by atoms with Crippen LogP contribution in [0.4, 0.5) is 5.82 Å². The Morgan fingerprint density at radius 1 is 1.31 bits per heavy atom. The number of nitrogens with zero attached hydrogens (tertiary/aromatic N) is 5. The fourth-order valence-electron chi connectivity index (χ4n) is 3.37. The molecule has 134 valence electrons. The molecular formula is C18H20N6O2. The van der Waals surface area contributed by atoms with Crippen molar-refractivity contribution in [2.24, 2.45) is 11.7 Å². The third-order valence-electron chi connectivity index (χ3n) is 4.75. The molecule has 1 fully saturated rings. The standard InChI is InChI=1S/C18H20N6O2/c19-18(26)14-10-24-15(7-21-17(24)8-20-14)13-4-1-5-16(22-13)23-6-2-3-12(9-23)11-25/h1,4-5,7-8,10,12,25H,2-3,6,9,11H2,(H2,19,26). The predicted molar refractivity (Wildman–Crippen MR) is 96.8 cm³/mol. The zero-order valence-electron chi connectivity index (χ0n) is 14.2. The number of hydrogen-bond donors (Lipinski definition) is 2. The lowest BCUT2D eigenvalue weighted by molar-refractivity contribution is 0.0995. The summed E-state index contributed by atoms with van der Waals surface area (Å²) in [5, 5.41) is 9.45. The van der Waals surface area contributed by atoms with Crippen LogP contribution < -0.4 is 10.6 Å². The van der Waals surface area contributed by atoms with Gasteiger partial charge in [0.15, 0.2) is 5.65 Å². The summed E-state index contributed by atoms with van der Waals surface area (Å²) in [7, 11) is 0. The van der Waals surface area contributed by atoms with Crippen LogP contribution in [0.1, 0.15) is 23.3 Å². The third-order valence-corrected chi connectivity index (χ3v) is 4.75. The highest BCUT2D eigenvalue weighted by Crippen LogP contribution is 2.25. The first kappa shape index (κ1) is 16.5. The number of primary amides is 1. The number of aromatic nitrogens is 4. The number of pyridine rings is 1. The Balaban J connectivity index is 1.71. The summed E-state index contributed by atoms with van der Waals surface area (Å²) in [4.78, 5) is 26.7. The summed E-state index contributed by atoms with van der Waals surface area (Å²) >= 11 is 0. The van der Waals surface area contributed by atoms with Crippen molar-refractivity contribution in [1.82, 2.24) is 19.4 Å². The average molecular weight is 352 g/mol. The normalized spacial score (nSPS) is 17.6. The summed E-state index contributed by atoms with van der Waals surface area (Å²) in [5.41, 5.74) is 7.65. The van der Waals surface area contributed by atoms with Crippen LogP contribution in [0.5, 0.6) is 0 Å². The van der Waals surface area contributed by atoms with Crippen LogP contribution in [0, 0.1) is 5.92 Å². The van der Waals surface area contributed by atoms with Crippen molar-refractivity contribution in [3.8, 4) is 11.4 Å². The smallest absolute Gasteiger partial charge is 0.268 e. The second-order valence-corrected chi connectivity index (χ2v) is 6.53. The highest BCUT2D eigenvalue weighted by molar-refractivity contribution is 5.90. The van der Waals surface area contributed by atoms with Gasteiger partial charge in [0.2, 0.25) is 0 Å². The van der Waals surface area contributed by atoms with Gasteiger partial charge in [0.1, 0.15) is 11.5 Å². The number of hydrogen-bond acceptors (Lipinski definition) is 6. The Morgan fingerprint density at radius 3 is 3.00 bits per heavy atom. The fourth-order valence-corrected chi connectivity index (χ4v) is 3.37. The van der Waals surface area contributed by atoms with E-state index in [0.29, 0.717) is 5.65 Å². The third kappa shape index (κ3) is 2.99. The van der Waals surface area contributed by atoms with Gasteiger partial charge in [-0.1, -0.05) is 6.07 Å². The summed E-state index contributed by atoms with van der Waals surface area (Å²) in [5.74, 6) is 0.575. The molecular weight excluding hydrogens is 332 g/mol. The van der Waals surface area contributed by atoms with Crippen molar-refractivity contribution in [2.45, 2.75) is 12.8 Å². The number of rotatable bonds is 4. The van der Waals surface area contributed by atoms with Crippen LogP contribution in [-0.4, -0.2) is 50.1 Å². The van der Waals surface area contributed by atoms with E-state index in [9.17, 15) is 9.90 Å². The molecule has 4 heterocycles. The first-order valence-corrected chi connectivity index (χ1v) is 8.62. The first-order chi connectivity index (χ1) is 12.7. The molecule has 0 aliphatic carbocycles. The average Bonchev–Trinajstić information content (AvgIpc) is 3.11. The van der Waals surface area contributed by atoms with Crippen LogP contribution in [0.25, 0.3) is 17.0 Å². The SMILES string of the molecule is NC(=O)c1cn2c(-c3cccc(N4CCCC(CO)C4)n3)cnc2cn1. The van der Waals surface area contributed by atoms with E-state index in [1.807, 2.05) is 18.2 Å². The molecule has 1 aliphatic rings. The lowest BCUT2D eigenvalue weighted by Crippen LogP contribution is -2.37. The molecule has 1 saturated heterocycles. The molecule has 1 amide bonds. The quantitative estimate of drug-likeness (QED) is 0.728. The molecule has 0 aromatic carbocycles. The maximum Gasteiger partial charge on any atom is 0.268 e. The molecule has 0 spiro atoms. The number of imidazole rings is 1. The van der Waals surface area contributed by atoms with Gasteiger partial charge in [0, 0.05) is 25.9 Å². The zero-order chi connectivity index (χ0) is 18.1. The van der Waals surface area contributed by atoms with Gasteiger partial charge in [0.05, 0.1) is 23.8 Å². The monoisotopic (exact) mass is 352 g/mol. The van der Waals surface area contributed by atoms with Gasteiger partial charge in [-0.3, -0.25) is 9.20 Å². The van der Waals surface area contributed by atoms with E-state index in [1.165, 1.54) is 6.20 Å². The molecule has 3 N–H and O–H groups in total. The van der Waals surface area contributed by atoms with Gasteiger partial charge in [-0.2, -0.15) is 0 Å². The molecule has 0 saturated carbocycles. The molecule has 26 heavy (non-hydrogen) atoms. The minimum Gasteiger partial charge on any atom is -0.396 e. The number of aliphatic hydroxyl groups is 1. The van der Waals surface area contributed by atoms with Crippen LogP contribution in [0.15, 0.2) is 36.8 Å². The molecule has 8 heteroatoms. The number of carbonyl (C=O) groups is 1. The van der Waals surface area contributed by atoms with Gasteiger partial charge in [-0.15, -0.1) is 0 Å². The van der Waals surface area contributed by atoms with Gasteiger partial charge in [-0.05, 0) is 30.9 Å². The Labute approximate surface area is 150 Å². The molecule has 0 radical (unpaired) electrons. The highest BCUT2D eigenvalue weighted by atomic mass is 16.3. The Bertz CT molecular complexity index is 954. The number of aliphatic hydroxyl groups excluding tert-OH is 1. The predicted octanol–water partition coefficient (Wildman–Crippen LogP) is 1.10. The molecule has 1 atom stereocenters. The number of amides is 1. The van der Waals surface area contributed by atoms with Crippen LogP contribution in [-0.2, 0) is 0 Å². The highest BCUT2D eigenvalue weighted by Gasteiger charge is 2.21. The number of carbonyl (C=O) groups excluding carboxylic acids is 1. The lowest BCUT2D eigenvalue weighted by Gasteiger charge is -2.32. The van der Waals surface area contributed by atoms with Crippen molar-refractivity contribution in [3.63, 3.8) is 0 Å². The molecule has 1 aliphatic heterocycles. The van der Waals surface area contributed by atoms with Crippen molar-refractivity contribution in [2.75, 3.05) is 24.6 Å². The molecule has 4 rings (SSSR count). The van der Waals surface area contributed by atoms with E-state index in [0.717, 1.165) is 43.1 Å². The molecule has 8 nitrogen and oxygen atoms in total. The van der Waals surface area contributed by atoms with E-state index in [4.69, 9.17) is 10.7 Å². The number of nitrogens with two attached hydrogens (primary N) is 1. The van der Waals surface area contributed by atoms with Crippen LogP contribution in [0.2, 0.25) is 0 Å². The molecule has 3 aromatic heterocycles. The van der Waals surface area contributed by atoms with Crippen LogP contribution >= 0.6 is 0 Å². The maximum absolute atomic E-state index is 11.4. The molecule has 1 unspecified atom stereocenters. The fraction of sp³-hybridized carbons (Fsp3) is 0.333. The largest absolute Gasteiger partial charge is 0.396 e. The maximum atomic E-state index is 11.4. The Hall–Kier alpha value is -3.00. The zero-order valence-corrected chi connectivity index (χ0v) is 14.2. The minimum atomic E-state index is -0.586. The molecule has 3 aromatic rings. The Kier molecular flexibility index (Phi) is 4.26. The molecule has 0 bridgehead atoms. The van der Waals surface area contributed by atoms with Gasteiger partial charge in [0.25, 0.3) is 5.91 Å². The summed E-state index contributed by atoms with van der Waals surface area (Å²) in [6.07, 6.45) is 6.89. The van der Waals surface area contributed by atoms with Gasteiger partial charge < -0.3 is 15.7 Å². The second-order valence-electron chi connectivity index (χ2n) is 6.53. The van der Waals surface area contributed by atoms with E-state index < -0.39 is 5.91 Å². The van der Waals surface area contributed by atoms with E-state index in [-0.39, 0.29) is 18.2 Å².